The summed E-state index contributed by atoms with van der Waals surface area (Å²) in [5.41, 5.74) is 0.771. The highest BCUT2D eigenvalue weighted by Crippen LogP contribution is 2.05. The van der Waals surface area contributed by atoms with Crippen LogP contribution in [0.25, 0.3) is 10.9 Å². The van der Waals surface area contributed by atoms with E-state index in [4.69, 9.17) is 0 Å². The smallest absolute Gasteiger partial charge is 0.250 e. The van der Waals surface area contributed by atoms with Crippen molar-refractivity contribution in [1.82, 2.24) is 14.8 Å². The quantitative estimate of drug-likeness (QED) is 0.559. The molecule has 0 amide bonds. The molecule has 0 aromatic carbocycles. The monoisotopic (exact) mass is 161 g/mol. The van der Waals surface area contributed by atoms with Crippen molar-refractivity contribution in [2.45, 2.75) is 0 Å². The number of fused-ring (bicyclic) bond motifs is 1. The van der Waals surface area contributed by atoms with Crippen LogP contribution in [0.15, 0.2) is 29.3 Å². The van der Waals surface area contributed by atoms with Crippen molar-refractivity contribution in [3.8, 4) is 0 Å². The van der Waals surface area contributed by atoms with E-state index in [1.54, 1.807) is 30.1 Å². The topological polar surface area (TPSA) is 47.8 Å². The van der Waals surface area contributed by atoms with Crippen LogP contribution in [0.5, 0.6) is 0 Å². The molecule has 0 unspecified atom stereocenters. The predicted octanol–water partition coefficient (Wildman–Crippen LogP) is 0.328. The number of rotatable bonds is 0. The summed E-state index contributed by atoms with van der Waals surface area (Å²) >= 11 is 0. The van der Waals surface area contributed by atoms with Crippen LogP contribution in [0.2, 0.25) is 0 Å². The van der Waals surface area contributed by atoms with E-state index in [9.17, 15) is 4.79 Å². The summed E-state index contributed by atoms with van der Waals surface area (Å²) in [5.74, 6) is 0. The van der Waals surface area contributed by atoms with E-state index in [0.29, 0.717) is 0 Å². The fourth-order valence-corrected chi connectivity index (χ4v) is 1.12. The van der Waals surface area contributed by atoms with Gasteiger partial charge in [-0.3, -0.25) is 4.79 Å². The minimum Gasteiger partial charge on any atom is -0.310 e. The van der Waals surface area contributed by atoms with Gasteiger partial charge >= 0.3 is 0 Å². The van der Waals surface area contributed by atoms with E-state index in [1.165, 1.54) is 6.07 Å². The molecular formula is C8H7N3O. The zero-order valence-corrected chi connectivity index (χ0v) is 6.56. The Balaban J connectivity index is 3.01. The lowest BCUT2D eigenvalue weighted by Gasteiger charge is -2.00. The van der Waals surface area contributed by atoms with E-state index in [2.05, 4.69) is 10.2 Å². The lowest BCUT2D eigenvalue weighted by molar-refractivity contribution is 0.893. The molecule has 4 nitrogen and oxygen atoms in total. The minimum atomic E-state index is -0.0319. The molecular weight excluding hydrogens is 154 g/mol. The molecule has 12 heavy (non-hydrogen) atoms. The first kappa shape index (κ1) is 6.97. The molecule has 0 saturated carbocycles. The lowest BCUT2D eigenvalue weighted by Crippen LogP contribution is -2.15. The zero-order chi connectivity index (χ0) is 8.55. The molecule has 0 atom stereocenters. The lowest BCUT2D eigenvalue weighted by atomic mass is 10.3. The van der Waals surface area contributed by atoms with Crippen LogP contribution >= 0.6 is 0 Å². The number of hydrogen-bond donors (Lipinski definition) is 0. The molecule has 2 rings (SSSR count). The fourth-order valence-electron chi connectivity index (χ4n) is 1.12. The Morgan fingerprint density at radius 3 is 2.83 bits per heavy atom. The highest BCUT2D eigenvalue weighted by Gasteiger charge is 1.97. The third-order valence-electron chi connectivity index (χ3n) is 1.84. The van der Waals surface area contributed by atoms with Gasteiger partial charge in [-0.1, -0.05) is 0 Å². The van der Waals surface area contributed by atoms with Gasteiger partial charge in [-0.2, -0.15) is 10.2 Å². The standard InChI is InChI=1S/C8H7N3O/c1-11-7-5-10-9-4-6(7)2-3-8(11)12/h2-5H,1H3. The Labute approximate surface area is 68.5 Å². The molecule has 2 aromatic heterocycles. The van der Waals surface area contributed by atoms with Crippen LogP contribution in [0, 0.1) is 0 Å². The minimum absolute atomic E-state index is 0.0319. The Morgan fingerprint density at radius 2 is 2.00 bits per heavy atom. The maximum atomic E-state index is 11.1. The van der Waals surface area contributed by atoms with E-state index in [0.717, 1.165) is 10.9 Å². The first-order chi connectivity index (χ1) is 5.79. The molecule has 2 heterocycles. The van der Waals surface area contributed by atoms with Crippen molar-refractivity contribution in [2.24, 2.45) is 7.05 Å². The van der Waals surface area contributed by atoms with Gasteiger partial charge in [0, 0.05) is 18.5 Å². The van der Waals surface area contributed by atoms with Gasteiger partial charge < -0.3 is 4.57 Å². The van der Waals surface area contributed by atoms with E-state index in [-0.39, 0.29) is 5.56 Å². The highest BCUT2D eigenvalue weighted by atomic mass is 16.1. The predicted molar refractivity (Wildman–Crippen MR) is 44.8 cm³/mol. The third kappa shape index (κ3) is 0.887. The van der Waals surface area contributed by atoms with Gasteiger partial charge in [0.25, 0.3) is 5.56 Å². The summed E-state index contributed by atoms with van der Waals surface area (Å²) in [4.78, 5) is 11.1. The molecule has 0 bridgehead atoms. The van der Waals surface area contributed by atoms with Gasteiger partial charge in [0.15, 0.2) is 0 Å². The summed E-state index contributed by atoms with van der Waals surface area (Å²) in [6.07, 6.45) is 3.21. The molecule has 0 saturated heterocycles. The Morgan fingerprint density at radius 1 is 1.25 bits per heavy atom. The molecule has 0 aliphatic heterocycles. The van der Waals surface area contributed by atoms with Crippen molar-refractivity contribution < 1.29 is 0 Å². The van der Waals surface area contributed by atoms with Gasteiger partial charge in [0.2, 0.25) is 0 Å². The first-order valence-corrected chi connectivity index (χ1v) is 3.55. The summed E-state index contributed by atoms with van der Waals surface area (Å²) in [6, 6.07) is 3.26. The van der Waals surface area contributed by atoms with Gasteiger partial charge in [0.05, 0.1) is 17.9 Å². The Hall–Kier alpha value is -1.71. The van der Waals surface area contributed by atoms with Crippen LogP contribution < -0.4 is 5.56 Å². The van der Waals surface area contributed by atoms with Crippen LogP contribution in [-0.4, -0.2) is 14.8 Å². The molecule has 60 valence electrons. The van der Waals surface area contributed by atoms with Crippen LogP contribution in [0.1, 0.15) is 0 Å². The average molecular weight is 161 g/mol. The average Bonchev–Trinajstić information content (AvgIpc) is 2.12. The molecule has 0 radical (unpaired) electrons. The molecule has 0 fully saturated rings. The third-order valence-corrected chi connectivity index (χ3v) is 1.84. The van der Waals surface area contributed by atoms with Crippen molar-refractivity contribution >= 4 is 10.9 Å². The maximum absolute atomic E-state index is 11.1. The molecule has 4 heteroatoms. The van der Waals surface area contributed by atoms with Crippen LogP contribution in [0.3, 0.4) is 0 Å². The molecule has 0 aliphatic carbocycles. The molecule has 0 aliphatic rings. The van der Waals surface area contributed by atoms with E-state index in [1.807, 2.05) is 0 Å². The summed E-state index contributed by atoms with van der Waals surface area (Å²) in [7, 11) is 1.71. The highest BCUT2D eigenvalue weighted by molar-refractivity contribution is 5.76. The van der Waals surface area contributed by atoms with Crippen LogP contribution in [-0.2, 0) is 7.05 Å². The SMILES string of the molecule is Cn1c(=O)ccc2cnncc21. The van der Waals surface area contributed by atoms with Crippen LogP contribution in [0.4, 0.5) is 0 Å². The normalized spacial score (nSPS) is 10.4. The van der Waals surface area contributed by atoms with Crippen molar-refractivity contribution in [2.75, 3.05) is 0 Å². The van der Waals surface area contributed by atoms with Crippen molar-refractivity contribution in [1.29, 1.82) is 0 Å². The van der Waals surface area contributed by atoms with E-state index >= 15 is 0 Å². The summed E-state index contributed by atoms with van der Waals surface area (Å²) in [5, 5.41) is 8.35. The molecule has 0 N–H and O–H groups in total. The van der Waals surface area contributed by atoms with Crippen molar-refractivity contribution in [3.05, 3.63) is 34.9 Å². The number of aromatic nitrogens is 3. The second kappa shape index (κ2) is 2.41. The Bertz CT molecular complexity index is 475. The second-order valence-corrected chi connectivity index (χ2v) is 2.56. The molecule has 2 aromatic rings. The van der Waals surface area contributed by atoms with Gasteiger partial charge in [-0.05, 0) is 6.07 Å². The number of nitrogens with zero attached hydrogens (tertiary/aromatic N) is 3. The van der Waals surface area contributed by atoms with Gasteiger partial charge in [0.1, 0.15) is 0 Å². The summed E-state index contributed by atoms with van der Waals surface area (Å²) < 4.78 is 1.55. The zero-order valence-electron chi connectivity index (χ0n) is 6.56. The molecule has 0 spiro atoms. The maximum Gasteiger partial charge on any atom is 0.250 e. The Kier molecular flexibility index (Phi) is 1.40. The number of aryl methyl sites for hydroxylation is 1. The number of pyridine rings is 1. The largest absolute Gasteiger partial charge is 0.310 e. The fraction of sp³-hybridized carbons (Fsp3) is 0.125. The van der Waals surface area contributed by atoms with E-state index < -0.39 is 0 Å². The van der Waals surface area contributed by atoms with Gasteiger partial charge in [-0.15, -0.1) is 0 Å². The summed E-state index contributed by atoms with van der Waals surface area (Å²) in [6.45, 7) is 0. The van der Waals surface area contributed by atoms with Gasteiger partial charge in [-0.25, -0.2) is 0 Å². The number of hydrogen-bond acceptors (Lipinski definition) is 3. The van der Waals surface area contributed by atoms with Crippen molar-refractivity contribution in [3.63, 3.8) is 0 Å². The first-order valence-electron chi connectivity index (χ1n) is 3.55. The second-order valence-electron chi connectivity index (χ2n) is 2.56.